The predicted octanol–water partition coefficient (Wildman–Crippen LogP) is 5.23. The molecule has 1 aromatic carbocycles. The van der Waals surface area contributed by atoms with Crippen molar-refractivity contribution >= 4 is 17.3 Å². The van der Waals surface area contributed by atoms with E-state index in [1.165, 1.54) is 40.8 Å². The molecule has 1 aliphatic carbocycles. The highest BCUT2D eigenvalue weighted by molar-refractivity contribution is 7.13. The van der Waals surface area contributed by atoms with E-state index in [0.29, 0.717) is 6.61 Å². The maximum absolute atomic E-state index is 6.07. The van der Waals surface area contributed by atoms with E-state index in [-0.39, 0.29) is 0 Å². The molecule has 31 heavy (non-hydrogen) atoms. The fourth-order valence-corrected chi connectivity index (χ4v) is 5.34. The summed E-state index contributed by atoms with van der Waals surface area (Å²) < 4.78 is 6.07. The highest BCUT2D eigenvalue weighted by Crippen LogP contribution is 2.48. The minimum atomic E-state index is 0.704. The van der Waals surface area contributed by atoms with Gasteiger partial charge in [-0.2, -0.15) is 0 Å². The van der Waals surface area contributed by atoms with Gasteiger partial charge < -0.3 is 9.64 Å². The van der Waals surface area contributed by atoms with E-state index in [0.717, 1.165) is 49.8 Å². The second kappa shape index (κ2) is 9.45. The number of ether oxygens (including phenoxy) is 1. The van der Waals surface area contributed by atoms with Gasteiger partial charge in [-0.3, -0.25) is 4.98 Å². The fourth-order valence-electron chi connectivity index (χ4n) is 4.71. The monoisotopic (exact) mass is 434 g/mol. The van der Waals surface area contributed by atoms with Crippen molar-refractivity contribution in [1.82, 2.24) is 15.0 Å². The fraction of sp³-hybridized carbons (Fsp3) is 0.480. The molecule has 3 aromatic rings. The molecule has 0 amide bonds. The Hall–Kier alpha value is -2.31. The molecule has 2 aromatic heterocycles. The number of benzene rings is 1. The van der Waals surface area contributed by atoms with E-state index in [4.69, 9.17) is 4.74 Å². The van der Waals surface area contributed by atoms with E-state index in [2.05, 4.69) is 51.0 Å². The van der Waals surface area contributed by atoms with E-state index in [1.54, 1.807) is 11.3 Å². The summed E-state index contributed by atoms with van der Waals surface area (Å²) in [6.45, 7) is 5.89. The number of thiazole rings is 1. The lowest BCUT2D eigenvalue weighted by Crippen LogP contribution is -2.35. The first-order valence-electron chi connectivity index (χ1n) is 11.4. The highest BCUT2D eigenvalue weighted by atomic mass is 32.1. The van der Waals surface area contributed by atoms with Crippen molar-refractivity contribution in [2.24, 2.45) is 17.8 Å². The third-order valence-corrected chi connectivity index (χ3v) is 7.60. The lowest BCUT2D eigenvalue weighted by atomic mass is 9.91. The number of hydrogen-bond acceptors (Lipinski definition) is 6. The Kier molecular flexibility index (Phi) is 6.27. The smallest absolute Gasteiger partial charge is 0.225 e. The molecule has 162 valence electrons. The molecule has 5 nitrogen and oxygen atoms in total. The second-order valence-electron chi connectivity index (χ2n) is 8.81. The molecule has 1 saturated heterocycles. The number of rotatable bonds is 8. The zero-order valence-corrected chi connectivity index (χ0v) is 18.9. The Labute approximate surface area is 188 Å². The lowest BCUT2D eigenvalue weighted by molar-refractivity contribution is 0.104. The average Bonchev–Trinajstić information content (AvgIpc) is 3.38. The summed E-state index contributed by atoms with van der Waals surface area (Å²) in [5.41, 5.74) is 5.55. The summed E-state index contributed by atoms with van der Waals surface area (Å²) in [4.78, 5) is 16.8. The molecule has 0 radical (unpaired) electrons. The second-order valence-corrected chi connectivity index (χ2v) is 9.69. The lowest BCUT2D eigenvalue weighted by Gasteiger charge is -2.32. The van der Waals surface area contributed by atoms with Crippen LogP contribution in [0.15, 0.2) is 48.4 Å². The standard InChI is InChI=1S/C25H30N4OS/c1-2-18-12-27-25(28-13-18)29-9-7-20(8-10-29)23-11-22(23)16-30-15-19-3-5-21(6-4-19)24-14-26-17-31-24/h3-6,12-14,17,20,22-23H,2,7-11,15-16H2,1H3. The average molecular weight is 435 g/mol. The third kappa shape index (κ3) is 4.96. The van der Waals surface area contributed by atoms with Gasteiger partial charge in [-0.25, -0.2) is 9.97 Å². The van der Waals surface area contributed by atoms with Crippen molar-refractivity contribution in [3.05, 3.63) is 59.5 Å². The quantitative estimate of drug-likeness (QED) is 0.486. The van der Waals surface area contributed by atoms with Crippen LogP contribution in [0, 0.1) is 17.8 Å². The number of hydrogen-bond donors (Lipinski definition) is 0. The predicted molar refractivity (Wildman–Crippen MR) is 125 cm³/mol. The van der Waals surface area contributed by atoms with Gasteiger partial charge in [0.2, 0.25) is 5.95 Å². The molecule has 2 aliphatic rings. The zero-order valence-electron chi connectivity index (χ0n) is 18.1. The molecule has 6 heteroatoms. The van der Waals surface area contributed by atoms with Crippen molar-refractivity contribution in [2.45, 2.75) is 39.2 Å². The maximum Gasteiger partial charge on any atom is 0.225 e. The molecule has 1 aliphatic heterocycles. The van der Waals surface area contributed by atoms with Gasteiger partial charge in [-0.05, 0) is 60.1 Å². The first-order valence-corrected chi connectivity index (χ1v) is 12.3. The molecule has 0 bridgehead atoms. The Balaban J connectivity index is 1.03. The van der Waals surface area contributed by atoms with Gasteiger partial charge in [-0.1, -0.05) is 31.2 Å². The number of nitrogens with zero attached hydrogens (tertiary/aromatic N) is 4. The minimum Gasteiger partial charge on any atom is -0.376 e. The van der Waals surface area contributed by atoms with E-state index in [9.17, 15) is 0 Å². The number of aromatic nitrogens is 3. The topological polar surface area (TPSA) is 51.1 Å². The van der Waals surface area contributed by atoms with E-state index < -0.39 is 0 Å². The molecular weight excluding hydrogens is 404 g/mol. The van der Waals surface area contributed by atoms with Gasteiger partial charge >= 0.3 is 0 Å². The molecule has 2 fully saturated rings. The molecule has 3 heterocycles. The van der Waals surface area contributed by atoms with Crippen LogP contribution in [0.5, 0.6) is 0 Å². The van der Waals surface area contributed by atoms with Gasteiger partial charge in [-0.15, -0.1) is 11.3 Å². The number of anilines is 1. The van der Waals surface area contributed by atoms with Gasteiger partial charge in [0.1, 0.15) is 0 Å². The summed E-state index contributed by atoms with van der Waals surface area (Å²) in [5, 5.41) is 0. The normalized spacial score (nSPS) is 21.4. The summed E-state index contributed by atoms with van der Waals surface area (Å²) in [6.07, 6.45) is 10.7. The highest BCUT2D eigenvalue weighted by Gasteiger charge is 2.43. The number of aryl methyl sites for hydroxylation is 1. The first kappa shape index (κ1) is 20.6. The van der Waals surface area contributed by atoms with Crippen molar-refractivity contribution in [3.8, 4) is 10.4 Å². The van der Waals surface area contributed by atoms with E-state index >= 15 is 0 Å². The Bertz CT molecular complexity index is 950. The van der Waals surface area contributed by atoms with Crippen molar-refractivity contribution in [1.29, 1.82) is 0 Å². The van der Waals surface area contributed by atoms with Gasteiger partial charge in [0.15, 0.2) is 0 Å². The number of piperidine rings is 1. The van der Waals surface area contributed by atoms with Gasteiger partial charge in [0.25, 0.3) is 0 Å². The van der Waals surface area contributed by atoms with Crippen LogP contribution in [-0.4, -0.2) is 34.6 Å². The molecule has 0 N–H and O–H groups in total. The van der Waals surface area contributed by atoms with Crippen LogP contribution < -0.4 is 4.90 Å². The van der Waals surface area contributed by atoms with Crippen LogP contribution >= 0.6 is 11.3 Å². The summed E-state index contributed by atoms with van der Waals surface area (Å²) in [6, 6.07) is 8.67. The maximum atomic E-state index is 6.07. The minimum absolute atomic E-state index is 0.704. The van der Waals surface area contributed by atoms with Crippen molar-refractivity contribution in [3.63, 3.8) is 0 Å². The Morgan fingerprint density at radius 1 is 1.03 bits per heavy atom. The van der Waals surface area contributed by atoms with Crippen LogP contribution in [0.4, 0.5) is 5.95 Å². The summed E-state index contributed by atoms with van der Waals surface area (Å²) >= 11 is 1.67. The molecule has 1 saturated carbocycles. The molecular formula is C25H30N4OS. The van der Waals surface area contributed by atoms with E-state index in [1.807, 2.05) is 24.1 Å². The first-order chi connectivity index (χ1) is 15.3. The van der Waals surface area contributed by atoms with Crippen LogP contribution in [0.3, 0.4) is 0 Å². The Morgan fingerprint density at radius 2 is 1.81 bits per heavy atom. The van der Waals surface area contributed by atoms with Gasteiger partial charge in [0, 0.05) is 31.7 Å². The van der Waals surface area contributed by atoms with Crippen LogP contribution in [0.1, 0.15) is 37.3 Å². The van der Waals surface area contributed by atoms with Crippen molar-refractivity contribution in [2.75, 3.05) is 24.6 Å². The molecule has 2 unspecified atom stereocenters. The third-order valence-electron chi connectivity index (χ3n) is 6.78. The van der Waals surface area contributed by atoms with Crippen LogP contribution in [0.2, 0.25) is 0 Å². The zero-order chi connectivity index (χ0) is 21.0. The molecule has 0 spiro atoms. The summed E-state index contributed by atoms with van der Waals surface area (Å²) in [7, 11) is 0. The van der Waals surface area contributed by atoms with Crippen LogP contribution in [-0.2, 0) is 17.8 Å². The van der Waals surface area contributed by atoms with Crippen molar-refractivity contribution < 1.29 is 4.74 Å². The van der Waals surface area contributed by atoms with Gasteiger partial charge in [0.05, 0.1) is 23.6 Å². The SMILES string of the molecule is CCc1cnc(N2CCC(C3CC3COCc3ccc(-c4cncs4)cc3)CC2)nc1. The Morgan fingerprint density at radius 3 is 2.48 bits per heavy atom. The molecule has 2 atom stereocenters. The van der Waals surface area contributed by atoms with Crippen LogP contribution in [0.25, 0.3) is 10.4 Å². The molecule has 5 rings (SSSR count). The largest absolute Gasteiger partial charge is 0.376 e. The summed E-state index contributed by atoms with van der Waals surface area (Å²) in [5.74, 6) is 3.32.